The van der Waals surface area contributed by atoms with E-state index in [9.17, 15) is 9.59 Å². The zero-order valence-electron chi connectivity index (χ0n) is 12.5. The summed E-state index contributed by atoms with van der Waals surface area (Å²) in [6.07, 6.45) is 3.52. The lowest BCUT2D eigenvalue weighted by Crippen LogP contribution is -2.27. The van der Waals surface area contributed by atoms with Crippen LogP contribution < -0.4 is 14.8 Å². The molecule has 22 heavy (non-hydrogen) atoms. The molecule has 1 aromatic carbocycles. The smallest absolute Gasteiger partial charge is 0.308 e. The van der Waals surface area contributed by atoms with Crippen LogP contribution >= 0.6 is 0 Å². The maximum atomic E-state index is 11.7. The average Bonchev–Trinajstić information content (AvgIpc) is 2.50. The molecule has 0 aliphatic carbocycles. The van der Waals surface area contributed by atoms with Crippen LogP contribution in [0.15, 0.2) is 12.1 Å². The second-order valence-electron chi connectivity index (χ2n) is 5.47. The van der Waals surface area contributed by atoms with Crippen LogP contribution in [0.2, 0.25) is 0 Å². The van der Waals surface area contributed by atoms with E-state index in [2.05, 4.69) is 5.32 Å². The van der Waals surface area contributed by atoms with E-state index in [0.717, 1.165) is 24.8 Å². The zero-order valence-corrected chi connectivity index (χ0v) is 12.5. The summed E-state index contributed by atoms with van der Waals surface area (Å²) >= 11 is 0. The van der Waals surface area contributed by atoms with Gasteiger partial charge < -0.3 is 19.5 Å². The van der Waals surface area contributed by atoms with Crippen molar-refractivity contribution in [3.8, 4) is 11.5 Å². The molecule has 1 N–H and O–H groups in total. The molecule has 6 nitrogen and oxygen atoms in total. The number of carbonyl (C=O) groups excluding carboxylic acids is 2. The molecular weight excluding hydrogens is 286 g/mol. The number of benzene rings is 1. The number of ether oxygens (including phenoxy) is 3. The van der Waals surface area contributed by atoms with E-state index in [1.807, 2.05) is 0 Å². The minimum atomic E-state index is -0.386. The first kappa shape index (κ1) is 14.8. The Bertz CT molecular complexity index is 592. The number of fused-ring (bicyclic) bond motifs is 1. The minimum Gasteiger partial charge on any atom is -0.463 e. The van der Waals surface area contributed by atoms with Crippen molar-refractivity contribution < 1.29 is 23.8 Å². The molecule has 0 saturated carbocycles. The summed E-state index contributed by atoms with van der Waals surface area (Å²) in [7, 11) is 0. The Labute approximate surface area is 128 Å². The van der Waals surface area contributed by atoms with Crippen molar-refractivity contribution in [2.45, 2.75) is 45.3 Å². The summed E-state index contributed by atoms with van der Waals surface area (Å²) in [5.74, 6) is 0.579. The molecule has 118 valence electrons. The second-order valence-corrected chi connectivity index (χ2v) is 5.47. The normalized spacial score (nSPS) is 20.8. The van der Waals surface area contributed by atoms with Gasteiger partial charge in [-0.15, -0.1) is 0 Å². The Morgan fingerprint density at radius 2 is 2.09 bits per heavy atom. The summed E-state index contributed by atoms with van der Waals surface area (Å²) in [5, 5.41) is 2.82. The highest BCUT2D eigenvalue weighted by molar-refractivity contribution is 5.96. The van der Waals surface area contributed by atoms with E-state index in [0.29, 0.717) is 36.6 Å². The molecule has 0 spiro atoms. The Hall–Kier alpha value is -2.08. The predicted octanol–water partition coefficient (Wildman–Crippen LogP) is 2.40. The van der Waals surface area contributed by atoms with Crippen LogP contribution in [0.4, 0.5) is 5.69 Å². The molecule has 2 aliphatic rings. The Morgan fingerprint density at radius 1 is 1.27 bits per heavy atom. The number of anilines is 1. The highest BCUT2D eigenvalue weighted by atomic mass is 16.7. The lowest BCUT2D eigenvalue weighted by Gasteiger charge is -2.27. The van der Waals surface area contributed by atoms with E-state index in [-0.39, 0.29) is 18.2 Å². The minimum absolute atomic E-state index is 0.0677. The standard InChI is InChI=1S/C16H19NO5/c1-10(18)21-12-6-7-13(22-15-4-2-3-9-20-15)16-11(12)5-8-14(19)17-16/h6-7,15H,2-5,8-9H2,1H3,(H,17,19). The van der Waals surface area contributed by atoms with Crippen LogP contribution in [-0.2, 0) is 20.7 Å². The number of hydrogen-bond acceptors (Lipinski definition) is 5. The molecule has 1 aromatic rings. The van der Waals surface area contributed by atoms with Gasteiger partial charge in [-0.3, -0.25) is 9.59 Å². The van der Waals surface area contributed by atoms with Crippen molar-refractivity contribution in [3.63, 3.8) is 0 Å². The molecule has 1 amide bonds. The Morgan fingerprint density at radius 3 is 2.82 bits per heavy atom. The van der Waals surface area contributed by atoms with Crippen molar-refractivity contribution in [3.05, 3.63) is 17.7 Å². The average molecular weight is 305 g/mol. The first-order valence-electron chi connectivity index (χ1n) is 7.56. The van der Waals surface area contributed by atoms with Crippen LogP contribution in [0.1, 0.15) is 38.2 Å². The zero-order chi connectivity index (χ0) is 15.5. The first-order chi connectivity index (χ1) is 10.6. The molecule has 3 rings (SSSR count). The van der Waals surface area contributed by atoms with Gasteiger partial charge in [0.2, 0.25) is 5.91 Å². The van der Waals surface area contributed by atoms with Crippen molar-refractivity contribution in [2.75, 3.05) is 11.9 Å². The number of amides is 1. The van der Waals surface area contributed by atoms with Crippen LogP contribution in [0, 0.1) is 0 Å². The maximum absolute atomic E-state index is 11.7. The Balaban J connectivity index is 1.89. The first-order valence-corrected chi connectivity index (χ1v) is 7.56. The lowest BCUT2D eigenvalue weighted by molar-refractivity contribution is -0.131. The molecule has 0 bridgehead atoms. The van der Waals surface area contributed by atoms with E-state index >= 15 is 0 Å². The van der Waals surface area contributed by atoms with Gasteiger partial charge in [0.25, 0.3) is 0 Å². The fraction of sp³-hybridized carbons (Fsp3) is 0.500. The molecule has 0 aromatic heterocycles. The maximum Gasteiger partial charge on any atom is 0.308 e. The van der Waals surface area contributed by atoms with Crippen LogP contribution in [0.3, 0.4) is 0 Å². The van der Waals surface area contributed by atoms with Crippen molar-refractivity contribution in [2.24, 2.45) is 0 Å². The van der Waals surface area contributed by atoms with Gasteiger partial charge in [0.05, 0.1) is 12.3 Å². The largest absolute Gasteiger partial charge is 0.463 e. The molecule has 2 aliphatic heterocycles. The third-order valence-electron chi connectivity index (χ3n) is 3.75. The third kappa shape index (κ3) is 3.22. The fourth-order valence-electron chi connectivity index (χ4n) is 2.73. The van der Waals surface area contributed by atoms with Crippen LogP contribution in [-0.4, -0.2) is 24.8 Å². The van der Waals surface area contributed by atoms with Gasteiger partial charge in [0.15, 0.2) is 6.29 Å². The van der Waals surface area contributed by atoms with Gasteiger partial charge in [-0.05, 0) is 31.4 Å². The quantitative estimate of drug-likeness (QED) is 0.685. The molecule has 1 saturated heterocycles. The molecular formula is C16H19NO5. The lowest BCUT2D eigenvalue weighted by atomic mass is 10.0. The van der Waals surface area contributed by atoms with Gasteiger partial charge in [0, 0.05) is 25.3 Å². The highest BCUT2D eigenvalue weighted by Gasteiger charge is 2.25. The van der Waals surface area contributed by atoms with E-state index in [1.54, 1.807) is 12.1 Å². The van der Waals surface area contributed by atoms with Crippen molar-refractivity contribution >= 4 is 17.6 Å². The molecule has 1 fully saturated rings. The number of rotatable bonds is 3. The van der Waals surface area contributed by atoms with E-state index < -0.39 is 0 Å². The fourth-order valence-corrected chi connectivity index (χ4v) is 2.73. The summed E-state index contributed by atoms with van der Waals surface area (Å²) in [4.78, 5) is 22.9. The monoisotopic (exact) mass is 305 g/mol. The summed E-state index contributed by atoms with van der Waals surface area (Å²) < 4.78 is 16.7. The van der Waals surface area contributed by atoms with Gasteiger partial charge in [-0.25, -0.2) is 0 Å². The topological polar surface area (TPSA) is 73.9 Å². The number of hydrogen-bond donors (Lipinski definition) is 1. The summed E-state index contributed by atoms with van der Waals surface area (Å²) in [6.45, 7) is 2.04. The summed E-state index contributed by atoms with van der Waals surface area (Å²) in [6, 6.07) is 3.41. The van der Waals surface area contributed by atoms with E-state index in [1.165, 1.54) is 6.92 Å². The van der Waals surface area contributed by atoms with Gasteiger partial charge in [0.1, 0.15) is 11.5 Å². The third-order valence-corrected chi connectivity index (χ3v) is 3.75. The Kier molecular flexibility index (Phi) is 4.29. The van der Waals surface area contributed by atoms with Crippen LogP contribution in [0.5, 0.6) is 11.5 Å². The van der Waals surface area contributed by atoms with E-state index in [4.69, 9.17) is 14.2 Å². The van der Waals surface area contributed by atoms with Gasteiger partial charge >= 0.3 is 5.97 Å². The number of nitrogens with one attached hydrogen (secondary N) is 1. The molecule has 0 radical (unpaired) electrons. The number of esters is 1. The highest BCUT2D eigenvalue weighted by Crippen LogP contribution is 2.39. The molecule has 1 atom stereocenters. The SMILES string of the molecule is CC(=O)Oc1ccc(OC2CCCCO2)c2c1CCC(=O)N2. The van der Waals surface area contributed by atoms with Gasteiger partial charge in [-0.2, -0.15) is 0 Å². The van der Waals surface area contributed by atoms with Crippen molar-refractivity contribution in [1.29, 1.82) is 0 Å². The molecule has 2 heterocycles. The summed E-state index contributed by atoms with van der Waals surface area (Å²) in [5.41, 5.74) is 1.38. The number of carbonyl (C=O) groups is 2. The molecule has 1 unspecified atom stereocenters. The van der Waals surface area contributed by atoms with Crippen LogP contribution in [0.25, 0.3) is 0 Å². The van der Waals surface area contributed by atoms with Gasteiger partial charge in [-0.1, -0.05) is 0 Å². The second kappa shape index (κ2) is 6.36. The van der Waals surface area contributed by atoms with Crippen molar-refractivity contribution in [1.82, 2.24) is 0 Å². The predicted molar refractivity (Wildman–Crippen MR) is 78.9 cm³/mol. The molecule has 6 heteroatoms.